The number of hydrogen-bond acceptors (Lipinski definition) is 15. The van der Waals surface area contributed by atoms with E-state index in [-0.39, 0.29) is 43.2 Å². The highest BCUT2D eigenvalue weighted by Gasteiger charge is 2.53. The number of likely N-dealkylation sites (N-methyl/N-ethyl adjacent to an activating group) is 1. The average molecular weight is 952 g/mol. The first kappa shape index (κ1) is 57.3. The van der Waals surface area contributed by atoms with Crippen molar-refractivity contribution in [1.82, 2.24) is 15.1 Å². The number of carbonyl (C=O) groups is 2. The highest BCUT2D eigenvalue weighted by molar-refractivity contribution is 5.75. The second-order valence-corrected chi connectivity index (χ2v) is 21.1. The first-order valence-corrected chi connectivity index (χ1v) is 24.9. The maximum atomic E-state index is 14.5. The van der Waals surface area contributed by atoms with Crippen LogP contribution in [0.1, 0.15) is 126 Å². The van der Waals surface area contributed by atoms with Gasteiger partial charge in [-0.25, -0.2) is 0 Å². The summed E-state index contributed by atoms with van der Waals surface area (Å²) in [6.45, 7) is 18.8. The molecule has 4 rings (SSSR count). The molecule has 3 fully saturated rings. The summed E-state index contributed by atoms with van der Waals surface area (Å²) in [5.74, 6) is -2.84. The van der Waals surface area contributed by atoms with E-state index >= 15 is 0 Å². The molecule has 1 aromatic carbocycles. The second kappa shape index (κ2) is 25.2. The molecule has 0 radical (unpaired) electrons. The lowest BCUT2D eigenvalue weighted by molar-refractivity contribution is -0.318. The Balaban J connectivity index is 1.68. The van der Waals surface area contributed by atoms with Gasteiger partial charge in [0.15, 0.2) is 12.6 Å². The molecular weight excluding hydrogens is 863 g/mol. The van der Waals surface area contributed by atoms with Crippen molar-refractivity contribution < 1.29 is 63.5 Å². The predicted octanol–water partition coefficient (Wildman–Crippen LogP) is 4.19. The maximum absolute atomic E-state index is 14.5. The first-order chi connectivity index (χ1) is 31.4. The SMILES string of the molecule is CC[C@H]1OC(=O)[C@H](C)[C@@H](O[C@H]2C[C@@](C)(OC)[C@@H](O)[C@H](C)O2)[C@H](C)[C@@H](O[C@@H]2O[C@H](C)C[C@H](N(C)C)[C@H]2O)[C@](C)(O)C[C@@H](C)CN(CCCNC(=O)CCCCc2ccccc2)[C@H](C)[C@@H](O)[C@]1(C)O. The van der Waals surface area contributed by atoms with E-state index in [4.69, 9.17) is 28.4 Å². The number of esters is 1. The van der Waals surface area contributed by atoms with Crippen LogP contribution in [0, 0.1) is 17.8 Å². The minimum Gasteiger partial charge on any atom is -0.459 e. The number of amides is 1. The van der Waals surface area contributed by atoms with Crippen LogP contribution < -0.4 is 5.32 Å². The number of aliphatic hydroxyl groups is 5. The Morgan fingerprint density at radius 1 is 0.925 bits per heavy atom. The van der Waals surface area contributed by atoms with Gasteiger partial charge < -0.3 is 64.2 Å². The van der Waals surface area contributed by atoms with E-state index in [1.807, 2.05) is 69.8 Å². The number of carbonyl (C=O) groups excluding carboxylic acids is 2. The van der Waals surface area contributed by atoms with Crippen LogP contribution in [0.15, 0.2) is 30.3 Å². The van der Waals surface area contributed by atoms with Crippen molar-refractivity contribution in [2.24, 2.45) is 17.8 Å². The quantitative estimate of drug-likeness (QED) is 0.101. The van der Waals surface area contributed by atoms with Crippen LogP contribution in [-0.2, 0) is 44.4 Å². The van der Waals surface area contributed by atoms with Crippen molar-refractivity contribution in [1.29, 1.82) is 0 Å². The van der Waals surface area contributed by atoms with Crippen LogP contribution >= 0.6 is 0 Å². The summed E-state index contributed by atoms with van der Waals surface area (Å²) in [4.78, 5) is 31.4. The molecule has 0 saturated carbocycles. The zero-order chi connectivity index (χ0) is 50.0. The summed E-state index contributed by atoms with van der Waals surface area (Å²) in [6, 6.07) is 9.24. The van der Waals surface area contributed by atoms with Gasteiger partial charge in [0.1, 0.15) is 30.0 Å². The normalized spacial score (nSPS) is 41.0. The van der Waals surface area contributed by atoms with Gasteiger partial charge in [-0.2, -0.15) is 0 Å². The second-order valence-electron chi connectivity index (χ2n) is 21.1. The molecular formula is C51H89N3O13. The minimum atomic E-state index is -1.90. The molecule has 0 unspecified atom stereocenters. The summed E-state index contributed by atoms with van der Waals surface area (Å²) in [6.07, 6.45) is -5.31. The largest absolute Gasteiger partial charge is 0.459 e. The first-order valence-electron chi connectivity index (χ1n) is 24.9. The van der Waals surface area contributed by atoms with E-state index in [1.165, 1.54) is 19.6 Å². The predicted molar refractivity (Wildman–Crippen MR) is 255 cm³/mol. The van der Waals surface area contributed by atoms with Gasteiger partial charge in [0, 0.05) is 57.6 Å². The molecule has 1 aromatic rings. The molecule has 0 spiro atoms. The van der Waals surface area contributed by atoms with Gasteiger partial charge >= 0.3 is 5.97 Å². The van der Waals surface area contributed by atoms with Gasteiger partial charge in [0.25, 0.3) is 0 Å². The van der Waals surface area contributed by atoms with E-state index < -0.39 is 96.0 Å². The zero-order valence-corrected chi connectivity index (χ0v) is 42.9. The fraction of sp³-hybridized carbons (Fsp3) is 0.843. The van der Waals surface area contributed by atoms with Crippen molar-refractivity contribution in [3.63, 3.8) is 0 Å². The third-order valence-electron chi connectivity index (χ3n) is 14.9. The number of methoxy groups -OCH3 is 1. The molecule has 3 aliphatic heterocycles. The van der Waals surface area contributed by atoms with Gasteiger partial charge in [-0.1, -0.05) is 51.1 Å². The molecule has 3 saturated heterocycles. The molecule has 16 nitrogen and oxygen atoms in total. The Morgan fingerprint density at radius 2 is 1.60 bits per heavy atom. The van der Waals surface area contributed by atoms with Crippen LogP contribution in [0.2, 0.25) is 0 Å². The molecule has 1 amide bonds. The van der Waals surface area contributed by atoms with Gasteiger partial charge in [0.2, 0.25) is 5.91 Å². The van der Waals surface area contributed by atoms with E-state index in [0.717, 1.165) is 19.3 Å². The lowest BCUT2D eigenvalue weighted by Crippen LogP contribution is -2.60. The lowest BCUT2D eigenvalue weighted by Gasteiger charge is -2.48. The standard InChI is InChI=1S/C51H89N3O13/c1-14-39-51(10,61)44(57)35(6)54(26-20-25-52-40(55)24-19-18-23-37-21-16-15-17-22-37)30-31(2)28-49(8,60)46(67-48-42(56)38(53(11)12)27-32(3)63-48)33(4)43(34(5)47(59)65-39)66-41-29-50(9,62-13)45(58)36(7)64-41/h15-17,21-22,31-36,38-39,41-46,48,56-58,60-61H,14,18-20,23-30H2,1-13H3,(H,52,55)/t31-,32-,33+,34-,35-,36+,38+,39-,41+,42-,43+,44-,45+,46-,48+,49-,50-,51-/m1/s1. The number of cyclic esters (lactones) is 1. The molecule has 3 heterocycles. The Morgan fingerprint density at radius 3 is 2.22 bits per heavy atom. The van der Waals surface area contributed by atoms with E-state index in [9.17, 15) is 35.1 Å². The summed E-state index contributed by atoms with van der Waals surface area (Å²) >= 11 is 0. The van der Waals surface area contributed by atoms with Crippen LogP contribution in [0.25, 0.3) is 0 Å². The molecule has 386 valence electrons. The summed E-state index contributed by atoms with van der Waals surface area (Å²) in [5, 5.41) is 62.9. The van der Waals surface area contributed by atoms with Crippen molar-refractivity contribution in [2.45, 2.75) is 217 Å². The minimum absolute atomic E-state index is 0.0249. The van der Waals surface area contributed by atoms with Crippen molar-refractivity contribution in [2.75, 3.05) is 40.8 Å². The highest BCUT2D eigenvalue weighted by atomic mass is 16.7. The number of nitrogens with one attached hydrogen (secondary N) is 1. The van der Waals surface area contributed by atoms with Crippen LogP contribution in [0.3, 0.4) is 0 Å². The summed E-state index contributed by atoms with van der Waals surface area (Å²) in [5.41, 5.74) is -3.34. The number of hydrogen-bond donors (Lipinski definition) is 6. The Bertz CT molecular complexity index is 1650. The number of nitrogens with zero attached hydrogens (tertiary/aromatic N) is 2. The fourth-order valence-electron chi connectivity index (χ4n) is 10.8. The molecule has 16 heteroatoms. The third-order valence-corrected chi connectivity index (χ3v) is 14.9. The lowest BCUT2D eigenvalue weighted by atomic mass is 9.77. The van der Waals surface area contributed by atoms with E-state index in [2.05, 4.69) is 17.4 Å². The van der Waals surface area contributed by atoms with Crippen LogP contribution in [0.5, 0.6) is 0 Å². The highest BCUT2D eigenvalue weighted by Crippen LogP contribution is 2.40. The topological polar surface area (TPSA) is 209 Å². The van der Waals surface area contributed by atoms with Crippen molar-refractivity contribution in [3.8, 4) is 0 Å². The van der Waals surface area contributed by atoms with Crippen LogP contribution in [0.4, 0.5) is 0 Å². The van der Waals surface area contributed by atoms with Crippen molar-refractivity contribution >= 4 is 11.9 Å². The van der Waals surface area contributed by atoms with Crippen LogP contribution in [-0.4, -0.2) is 178 Å². The average Bonchev–Trinajstić information content (AvgIpc) is 3.27. The van der Waals surface area contributed by atoms with E-state index in [0.29, 0.717) is 38.9 Å². The zero-order valence-electron chi connectivity index (χ0n) is 42.9. The van der Waals surface area contributed by atoms with E-state index in [1.54, 1.807) is 34.6 Å². The molecule has 0 aliphatic carbocycles. The fourth-order valence-corrected chi connectivity index (χ4v) is 10.8. The van der Waals surface area contributed by atoms with Gasteiger partial charge in [-0.05, 0) is 119 Å². The maximum Gasteiger partial charge on any atom is 0.311 e. The van der Waals surface area contributed by atoms with Gasteiger partial charge in [-0.3, -0.25) is 14.5 Å². The monoisotopic (exact) mass is 952 g/mol. The van der Waals surface area contributed by atoms with Gasteiger partial charge in [-0.15, -0.1) is 0 Å². The van der Waals surface area contributed by atoms with Gasteiger partial charge in [0.05, 0.1) is 41.5 Å². The third kappa shape index (κ3) is 15.1. The molecule has 0 bridgehead atoms. The Labute approximate surface area is 401 Å². The Hall–Kier alpha value is -2.32. The number of benzene rings is 1. The number of unbranched alkanes of at least 4 members (excludes halogenated alkanes) is 1. The van der Waals surface area contributed by atoms with Crippen molar-refractivity contribution in [3.05, 3.63) is 35.9 Å². The number of ether oxygens (including phenoxy) is 6. The Kier molecular flexibility index (Phi) is 21.5. The molecule has 0 aromatic heterocycles. The number of aryl methyl sites for hydroxylation is 1. The number of aliphatic hydroxyl groups excluding tert-OH is 3. The molecule has 67 heavy (non-hydrogen) atoms. The smallest absolute Gasteiger partial charge is 0.311 e. The molecule has 6 N–H and O–H groups in total. The summed E-state index contributed by atoms with van der Waals surface area (Å²) < 4.78 is 38.1. The molecule has 3 aliphatic rings. The molecule has 18 atom stereocenters. The summed E-state index contributed by atoms with van der Waals surface area (Å²) in [7, 11) is 5.27. The number of rotatable bonds is 16.